The van der Waals surface area contributed by atoms with Gasteiger partial charge in [0.15, 0.2) is 0 Å². The summed E-state index contributed by atoms with van der Waals surface area (Å²) in [5, 5.41) is 2.93. The highest BCUT2D eigenvalue weighted by molar-refractivity contribution is 5.89. The third-order valence-corrected chi connectivity index (χ3v) is 4.04. The molecule has 1 aromatic rings. The number of carbonyl (C=O) groups excluding carboxylic acids is 2. The minimum atomic E-state index is -0.221. The first-order valence-corrected chi connectivity index (χ1v) is 8.24. The van der Waals surface area contributed by atoms with Crippen molar-refractivity contribution in [3.05, 3.63) is 35.4 Å². The normalized spacial score (nSPS) is 17.8. The van der Waals surface area contributed by atoms with E-state index in [1.54, 1.807) is 4.90 Å². The minimum Gasteiger partial charge on any atom is -0.374 e. The molecule has 0 saturated carbocycles. The Balaban J connectivity index is 1.79. The lowest BCUT2D eigenvalue weighted by Gasteiger charge is -2.14. The standard InChI is InChI=1S/C18H26N2O3/c1-4-20-11-16(9-17(20)21)18(22)19-10-14-5-7-15(8-6-14)12-23-13(2)3/h5-8,13,16H,4,9-12H2,1-3H3,(H,19,22)/t16-/m0/s1. The lowest BCUT2D eigenvalue weighted by atomic mass is 10.1. The first kappa shape index (κ1) is 17.5. The summed E-state index contributed by atoms with van der Waals surface area (Å²) in [4.78, 5) is 25.6. The van der Waals surface area contributed by atoms with Crippen molar-refractivity contribution in [2.45, 2.75) is 46.4 Å². The molecule has 1 aliphatic rings. The van der Waals surface area contributed by atoms with Crippen LogP contribution in [0.25, 0.3) is 0 Å². The number of rotatable bonds is 7. The van der Waals surface area contributed by atoms with Gasteiger partial charge in [-0.3, -0.25) is 9.59 Å². The number of ether oxygens (including phenoxy) is 1. The number of amides is 2. The van der Waals surface area contributed by atoms with E-state index >= 15 is 0 Å². The van der Waals surface area contributed by atoms with Crippen LogP contribution < -0.4 is 5.32 Å². The van der Waals surface area contributed by atoms with E-state index in [1.807, 2.05) is 45.0 Å². The molecule has 5 nitrogen and oxygen atoms in total. The van der Waals surface area contributed by atoms with Gasteiger partial charge in [0, 0.05) is 26.1 Å². The third-order valence-electron chi connectivity index (χ3n) is 4.04. The van der Waals surface area contributed by atoms with Crippen molar-refractivity contribution < 1.29 is 14.3 Å². The number of carbonyl (C=O) groups is 2. The van der Waals surface area contributed by atoms with Crippen molar-refractivity contribution in [3.63, 3.8) is 0 Å². The van der Waals surface area contributed by atoms with E-state index in [2.05, 4.69) is 5.32 Å². The topological polar surface area (TPSA) is 58.6 Å². The molecular weight excluding hydrogens is 292 g/mol. The van der Waals surface area contributed by atoms with Crippen LogP contribution in [0.2, 0.25) is 0 Å². The molecule has 23 heavy (non-hydrogen) atoms. The summed E-state index contributed by atoms with van der Waals surface area (Å²) in [6.45, 7) is 8.24. The summed E-state index contributed by atoms with van der Waals surface area (Å²) < 4.78 is 5.56. The van der Waals surface area contributed by atoms with Gasteiger partial charge >= 0.3 is 0 Å². The average Bonchev–Trinajstić information content (AvgIpc) is 2.92. The maximum absolute atomic E-state index is 12.2. The first-order chi connectivity index (χ1) is 11.0. The fourth-order valence-corrected chi connectivity index (χ4v) is 2.60. The monoisotopic (exact) mass is 318 g/mol. The lowest BCUT2D eigenvalue weighted by Crippen LogP contribution is -2.32. The molecule has 5 heteroatoms. The second-order valence-corrected chi connectivity index (χ2v) is 6.23. The Hall–Kier alpha value is -1.88. The Labute approximate surface area is 138 Å². The van der Waals surface area contributed by atoms with Gasteiger partial charge in [0.2, 0.25) is 11.8 Å². The zero-order chi connectivity index (χ0) is 16.8. The molecule has 0 unspecified atom stereocenters. The smallest absolute Gasteiger partial charge is 0.225 e. The van der Waals surface area contributed by atoms with Gasteiger partial charge < -0.3 is 15.0 Å². The van der Waals surface area contributed by atoms with Gasteiger partial charge in [-0.25, -0.2) is 0 Å². The number of nitrogens with one attached hydrogen (secondary N) is 1. The molecule has 1 heterocycles. The quantitative estimate of drug-likeness (QED) is 0.837. The van der Waals surface area contributed by atoms with Crippen LogP contribution in [0.4, 0.5) is 0 Å². The fourth-order valence-electron chi connectivity index (χ4n) is 2.60. The molecule has 2 amide bonds. The van der Waals surface area contributed by atoms with E-state index in [-0.39, 0.29) is 23.8 Å². The van der Waals surface area contributed by atoms with Crippen LogP contribution in [0.3, 0.4) is 0 Å². The molecule has 126 valence electrons. The zero-order valence-electron chi connectivity index (χ0n) is 14.2. The van der Waals surface area contributed by atoms with E-state index in [4.69, 9.17) is 4.74 Å². The van der Waals surface area contributed by atoms with Crippen LogP contribution in [0.5, 0.6) is 0 Å². The minimum absolute atomic E-state index is 0.0403. The van der Waals surface area contributed by atoms with Crippen molar-refractivity contribution in [2.24, 2.45) is 5.92 Å². The molecule has 1 atom stereocenters. The molecule has 0 aromatic heterocycles. The Bertz CT molecular complexity index is 540. The number of hydrogen-bond acceptors (Lipinski definition) is 3. The van der Waals surface area contributed by atoms with Crippen molar-refractivity contribution in [1.82, 2.24) is 10.2 Å². The lowest BCUT2D eigenvalue weighted by molar-refractivity contribution is -0.128. The van der Waals surface area contributed by atoms with Crippen LogP contribution >= 0.6 is 0 Å². The van der Waals surface area contributed by atoms with Gasteiger partial charge in [-0.15, -0.1) is 0 Å². The second kappa shape index (κ2) is 8.11. The summed E-state index contributed by atoms with van der Waals surface area (Å²) in [6, 6.07) is 8.03. The average molecular weight is 318 g/mol. The van der Waals surface area contributed by atoms with Crippen LogP contribution in [0.1, 0.15) is 38.3 Å². The van der Waals surface area contributed by atoms with Gasteiger partial charge in [0.05, 0.1) is 18.6 Å². The molecule has 1 N–H and O–H groups in total. The Morgan fingerprint density at radius 1 is 1.30 bits per heavy atom. The summed E-state index contributed by atoms with van der Waals surface area (Å²) in [6.07, 6.45) is 0.538. The van der Waals surface area contributed by atoms with Crippen molar-refractivity contribution in [3.8, 4) is 0 Å². The SMILES string of the molecule is CCN1C[C@@H](C(=O)NCc2ccc(COC(C)C)cc2)CC1=O. The number of hydrogen-bond donors (Lipinski definition) is 1. The highest BCUT2D eigenvalue weighted by atomic mass is 16.5. The van der Waals surface area contributed by atoms with Crippen molar-refractivity contribution in [2.75, 3.05) is 13.1 Å². The summed E-state index contributed by atoms with van der Waals surface area (Å²) in [5.74, 6) is -0.190. The van der Waals surface area contributed by atoms with Crippen molar-refractivity contribution in [1.29, 1.82) is 0 Å². The van der Waals surface area contributed by atoms with Crippen LogP contribution in [0, 0.1) is 5.92 Å². The largest absolute Gasteiger partial charge is 0.374 e. The maximum atomic E-state index is 12.2. The molecule has 0 aliphatic carbocycles. The van der Waals surface area contributed by atoms with E-state index < -0.39 is 0 Å². The van der Waals surface area contributed by atoms with E-state index in [0.29, 0.717) is 32.7 Å². The molecule has 1 fully saturated rings. The molecule has 1 aliphatic heterocycles. The molecular formula is C18H26N2O3. The summed E-state index contributed by atoms with van der Waals surface area (Å²) >= 11 is 0. The van der Waals surface area contributed by atoms with Gasteiger partial charge in [-0.05, 0) is 31.9 Å². The van der Waals surface area contributed by atoms with Gasteiger partial charge in [0.25, 0.3) is 0 Å². The van der Waals surface area contributed by atoms with Gasteiger partial charge in [0.1, 0.15) is 0 Å². The third kappa shape index (κ3) is 5.06. The highest BCUT2D eigenvalue weighted by Crippen LogP contribution is 2.17. The number of benzene rings is 1. The molecule has 0 spiro atoms. The molecule has 2 rings (SSSR count). The van der Waals surface area contributed by atoms with Crippen LogP contribution in [-0.4, -0.2) is 35.9 Å². The van der Waals surface area contributed by atoms with E-state index in [0.717, 1.165) is 11.1 Å². The summed E-state index contributed by atoms with van der Waals surface area (Å²) in [7, 11) is 0. The Morgan fingerprint density at radius 3 is 2.52 bits per heavy atom. The predicted molar refractivity (Wildman–Crippen MR) is 88.6 cm³/mol. The Kier molecular flexibility index (Phi) is 6.16. The summed E-state index contributed by atoms with van der Waals surface area (Å²) in [5.41, 5.74) is 2.16. The molecule has 0 bridgehead atoms. The van der Waals surface area contributed by atoms with Crippen LogP contribution in [-0.2, 0) is 27.5 Å². The van der Waals surface area contributed by atoms with E-state index in [9.17, 15) is 9.59 Å². The molecule has 0 radical (unpaired) electrons. The highest BCUT2D eigenvalue weighted by Gasteiger charge is 2.33. The van der Waals surface area contributed by atoms with Gasteiger partial charge in [-0.2, -0.15) is 0 Å². The fraction of sp³-hybridized carbons (Fsp3) is 0.556. The first-order valence-electron chi connectivity index (χ1n) is 8.24. The number of nitrogens with zero attached hydrogens (tertiary/aromatic N) is 1. The Morgan fingerprint density at radius 2 is 1.96 bits per heavy atom. The van der Waals surface area contributed by atoms with Crippen LogP contribution in [0.15, 0.2) is 24.3 Å². The van der Waals surface area contributed by atoms with Crippen molar-refractivity contribution >= 4 is 11.8 Å². The number of likely N-dealkylation sites (tertiary alicyclic amines) is 1. The maximum Gasteiger partial charge on any atom is 0.225 e. The van der Waals surface area contributed by atoms with Gasteiger partial charge in [-0.1, -0.05) is 24.3 Å². The second-order valence-electron chi connectivity index (χ2n) is 6.23. The molecule has 1 saturated heterocycles. The predicted octanol–water partition coefficient (Wildman–Crippen LogP) is 2.10. The molecule has 1 aromatic carbocycles. The van der Waals surface area contributed by atoms with E-state index in [1.165, 1.54) is 0 Å². The zero-order valence-corrected chi connectivity index (χ0v) is 14.2.